The van der Waals surface area contributed by atoms with Crippen LogP contribution in [0, 0.1) is 11.6 Å². The average Bonchev–Trinajstić information content (AvgIpc) is 2.97. The highest BCUT2D eigenvalue weighted by atomic mass is 19.2. The van der Waals surface area contributed by atoms with E-state index < -0.39 is 11.6 Å². The van der Waals surface area contributed by atoms with Crippen molar-refractivity contribution in [1.82, 2.24) is 14.9 Å². The SMILES string of the molecule is O=C(N[C@H]1CCCc2ccccc21)c1nc(-c2ccc(F)c(F)c2)n2c1CCCCC2. The number of aromatic nitrogens is 2. The maximum atomic E-state index is 13.9. The van der Waals surface area contributed by atoms with Gasteiger partial charge in [0.05, 0.1) is 11.7 Å². The minimum Gasteiger partial charge on any atom is -0.344 e. The summed E-state index contributed by atoms with van der Waals surface area (Å²) in [6.45, 7) is 0.718. The fourth-order valence-electron chi connectivity index (χ4n) is 4.89. The third kappa shape index (κ3) is 3.75. The van der Waals surface area contributed by atoms with Gasteiger partial charge in [-0.25, -0.2) is 13.8 Å². The Morgan fingerprint density at radius 1 is 1.00 bits per heavy atom. The van der Waals surface area contributed by atoms with Gasteiger partial charge in [0, 0.05) is 12.1 Å². The average molecular weight is 421 g/mol. The number of fused-ring (bicyclic) bond motifs is 2. The van der Waals surface area contributed by atoms with Crippen molar-refractivity contribution < 1.29 is 13.6 Å². The van der Waals surface area contributed by atoms with E-state index in [-0.39, 0.29) is 11.9 Å². The molecular formula is C25H25F2N3O. The number of hydrogen-bond donors (Lipinski definition) is 1. The summed E-state index contributed by atoms with van der Waals surface area (Å²) in [5.74, 6) is -1.46. The third-order valence-electron chi connectivity index (χ3n) is 6.44. The zero-order valence-electron chi connectivity index (χ0n) is 17.3. The molecule has 1 aliphatic carbocycles. The quantitative estimate of drug-likeness (QED) is 0.619. The van der Waals surface area contributed by atoms with Crippen molar-refractivity contribution in [1.29, 1.82) is 0 Å². The van der Waals surface area contributed by atoms with Crippen LogP contribution in [0.2, 0.25) is 0 Å². The first-order chi connectivity index (χ1) is 15.1. The largest absolute Gasteiger partial charge is 0.344 e. The van der Waals surface area contributed by atoms with Gasteiger partial charge < -0.3 is 9.88 Å². The van der Waals surface area contributed by atoms with E-state index in [1.165, 1.54) is 17.2 Å². The number of carbonyl (C=O) groups excluding carboxylic acids is 1. The lowest BCUT2D eigenvalue weighted by molar-refractivity contribution is 0.0927. The molecule has 1 atom stereocenters. The van der Waals surface area contributed by atoms with Crippen LogP contribution in [0.4, 0.5) is 8.78 Å². The van der Waals surface area contributed by atoms with Gasteiger partial charge in [0.25, 0.3) is 5.91 Å². The Bertz CT molecular complexity index is 1140. The lowest BCUT2D eigenvalue weighted by atomic mass is 9.87. The number of halogens is 2. The third-order valence-corrected chi connectivity index (χ3v) is 6.44. The molecule has 0 saturated carbocycles. The van der Waals surface area contributed by atoms with Crippen molar-refractivity contribution in [3.8, 4) is 11.4 Å². The first-order valence-corrected chi connectivity index (χ1v) is 11.1. The van der Waals surface area contributed by atoms with E-state index in [0.717, 1.165) is 69.3 Å². The molecule has 1 amide bonds. The van der Waals surface area contributed by atoms with E-state index in [2.05, 4.69) is 22.4 Å². The van der Waals surface area contributed by atoms with Crippen LogP contribution in [0.1, 0.15) is 65.5 Å². The topological polar surface area (TPSA) is 46.9 Å². The number of nitrogens with zero attached hydrogens (tertiary/aromatic N) is 2. The summed E-state index contributed by atoms with van der Waals surface area (Å²) in [6, 6.07) is 12.0. The lowest BCUT2D eigenvalue weighted by Gasteiger charge is -2.26. The molecule has 0 saturated heterocycles. The van der Waals surface area contributed by atoms with Crippen molar-refractivity contribution in [3.63, 3.8) is 0 Å². The molecule has 6 heteroatoms. The summed E-state index contributed by atoms with van der Waals surface area (Å²) in [6.07, 6.45) is 6.73. The molecule has 0 spiro atoms. The Labute approximate surface area is 180 Å². The van der Waals surface area contributed by atoms with Crippen molar-refractivity contribution in [2.75, 3.05) is 0 Å². The van der Waals surface area contributed by atoms with Crippen LogP contribution >= 0.6 is 0 Å². The summed E-state index contributed by atoms with van der Waals surface area (Å²) in [5, 5.41) is 3.20. The smallest absolute Gasteiger partial charge is 0.272 e. The molecule has 3 aromatic rings. The van der Waals surface area contributed by atoms with Gasteiger partial charge >= 0.3 is 0 Å². The van der Waals surface area contributed by atoms with E-state index in [0.29, 0.717) is 17.1 Å². The maximum Gasteiger partial charge on any atom is 0.272 e. The molecule has 1 N–H and O–H groups in total. The lowest BCUT2D eigenvalue weighted by Crippen LogP contribution is -2.32. The Kier molecular flexibility index (Phi) is 5.30. The van der Waals surface area contributed by atoms with E-state index in [9.17, 15) is 13.6 Å². The molecule has 0 bridgehead atoms. The Morgan fingerprint density at radius 3 is 2.74 bits per heavy atom. The van der Waals surface area contributed by atoms with Crippen LogP contribution in [-0.4, -0.2) is 15.5 Å². The van der Waals surface area contributed by atoms with Gasteiger partial charge in [0.1, 0.15) is 11.5 Å². The van der Waals surface area contributed by atoms with Gasteiger partial charge in [0.15, 0.2) is 11.6 Å². The van der Waals surface area contributed by atoms with Gasteiger partial charge in [-0.2, -0.15) is 0 Å². The highest BCUT2D eigenvalue weighted by Gasteiger charge is 2.28. The summed E-state index contributed by atoms with van der Waals surface area (Å²) in [5.41, 5.74) is 4.24. The zero-order valence-corrected chi connectivity index (χ0v) is 17.3. The number of hydrogen-bond acceptors (Lipinski definition) is 2. The van der Waals surface area contributed by atoms with Gasteiger partial charge in [-0.05, 0) is 67.9 Å². The van der Waals surface area contributed by atoms with Gasteiger partial charge in [-0.1, -0.05) is 30.7 Å². The normalized spacial score (nSPS) is 18.1. The summed E-state index contributed by atoms with van der Waals surface area (Å²) in [4.78, 5) is 18.0. The highest BCUT2D eigenvalue weighted by Crippen LogP contribution is 2.31. The van der Waals surface area contributed by atoms with Crippen LogP contribution in [0.3, 0.4) is 0 Å². The van der Waals surface area contributed by atoms with Crippen LogP contribution in [0.5, 0.6) is 0 Å². The van der Waals surface area contributed by atoms with E-state index >= 15 is 0 Å². The number of imidazole rings is 1. The van der Waals surface area contributed by atoms with Crippen molar-refractivity contribution in [2.24, 2.45) is 0 Å². The molecule has 1 aromatic heterocycles. The number of amides is 1. The molecule has 0 fully saturated rings. The van der Waals surface area contributed by atoms with E-state index in [1.54, 1.807) is 0 Å². The van der Waals surface area contributed by atoms with Gasteiger partial charge in [-0.3, -0.25) is 4.79 Å². The highest BCUT2D eigenvalue weighted by molar-refractivity contribution is 5.94. The van der Waals surface area contributed by atoms with Crippen molar-refractivity contribution in [3.05, 3.63) is 76.6 Å². The predicted molar refractivity (Wildman–Crippen MR) is 115 cm³/mol. The standard InChI is InChI=1S/C25H25F2N3O/c26-19-13-12-17(15-20(19)27)24-29-23(22-11-2-1-5-14-30(22)24)25(31)28-21-10-6-8-16-7-3-4-9-18(16)21/h3-4,7,9,12-13,15,21H,1-2,5-6,8,10-11,14H2,(H,28,31)/t21-/m0/s1. The zero-order chi connectivity index (χ0) is 21.4. The molecule has 5 rings (SSSR count). The van der Waals surface area contributed by atoms with Crippen molar-refractivity contribution >= 4 is 5.91 Å². The van der Waals surface area contributed by atoms with Crippen LogP contribution in [-0.2, 0) is 19.4 Å². The van der Waals surface area contributed by atoms with Crippen LogP contribution in [0.15, 0.2) is 42.5 Å². The molecule has 4 nitrogen and oxygen atoms in total. The molecule has 160 valence electrons. The minimum atomic E-state index is -0.909. The van der Waals surface area contributed by atoms with Gasteiger partial charge in [0.2, 0.25) is 0 Å². The number of aryl methyl sites for hydroxylation is 1. The monoisotopic (exact) mass is 421 g/mol. The molecule has 31 heavy (non-hydrogen) atoms. The Balaban J connectivity index is 1.51. The Morgan fingerprint density at radius 2 is 1.87 bits per heavy atom. The summed E-state index contributed by atoms with van der Waals surface area (Å²) < 4.78 is 29.4. The molecule has 2 aromatic carbocycles. The van der Waals surface area contributed by atoms with Crippen LogP contribution < -0.4 is 5.32 Å². The molecular weight excluding hydrogens is 396 g/mol. The number of rotatable bonds is 3. The minimum absolute atomic E-state index is 0.0349. The first kappa shape index (κ1) is 19.9. The van der Waals surface area contributed by atoms with Crippen LogP contribution in [0.25, 0.3) is 11.4 Å². The van der Waals surface area contributed by atoms with E-state index in [4.69, 9.17) is 0 Å². The predicted octanol–water partition coefficient (Wildman–Crippen LogP) is 5.36. The molecule has 1 aliphatic heterocycles. The fourth-order valence-corrected chi connectivity index (χ4v) is 4.89. The molecule has 2 aliphatic rings. The molecule has 0 unspecified atom stereocenters. The molecule has 2 heterocycles. The number of nitrogens with one attached hydrogen (secondary N) is 1. The number of benzene rings is 2. The second-order valence-electron chi connectivity index (χ2n) is 8.44. The summed E-state index contributed by atoms with van der Waals surface area (Å²) >= 11 is 0. The van der Waals surface area contributed by atoms with Crippen molar-refractivity contribution in [2.45, 2.75) is 57.5 Å². The molecule has 0 radical (unpaired) electrons. The summed E-state index contributed by atoms with van der Waals surface area (Å²) in [7, 11) is 0. The number of carbonyl (C=O) groups is 1. The van der Waals surface area contributed by atoms with E-state index in [1.807, 2.05) is 16.7 Å². The first-order valence-electron chi connectivity index (χ1n) is 11.1. The Hall–Kier alpha value is -3.02. The second kappa shape index (κ2) is 8.25. The fraction of sp³-hybridized carbons (Fsp3) is 0.360. The van der Waals surface area contributed by atoms with Gasteiger partial charge in [-0.15, -0.1) is 0 Å². The second-order valence-corrected chi connectivity index (χ2v) is 8.44. The maximum absolute atomic E-state index is 13.9.